The van der Waals surface area contributed by atoms with Crippen LogP contribution in [0.15, 0.2) is 17.5 Å². The first-order valence-electron chi connectivity index (χ1n) is 5.81. The van der Waals surface area contributed by atoms with Gasteiger partial charge in [-0.25, -0.2) is 4.79 Å². The summed E-state index contributed by atoms with van der Waals surface area (Å²) in [5.41, 5.74) is 0. The maximum atomic E-state index is 11.5. The highest BCUT2D eigenvalue weighted by Gasteiger charge is 2.12. The quantitative estimate of drug-likeness (QED) is 0.741. The number of amides is 2. The molecule has 2 unspecified atom stereocenters. The maximum absolute atomic E-state index is 11.5. The first-order chi connectivity index (χ1) is 8.50. The second kappa shape index (κ2) is 7.00. The Hall–Kier alpha value is -1.56. The third kappa shape index (κ3) is 4.75. The van der Waals surface area contributed by atoms with Crippen LogP contribution in [0.1, 0.15) is 31.2 Å². The summed E-state index contributed by atoms with van der Waals surface area (Å²) in [6.45, 7) is 3.89. The van der Waals surface area contributed by atoms with Gasteiger partial charge in [0.25, 0.3) is 0 Å². The number of carbonyl (C=O) groups excluding carboxylic acids is 1. The van der Waals surface area contributed by atoms with Gasteiger partial charge < -0.3 is 15.7 Å². The van der Waals surface area contributed by atoms with Crippen molar-refractivity contribution in [3.05, 3.63) is 22.4 Å². The summed E-state index contributed by atoms with van der Waals surface area (Å²) >= 11 is 1.59. The fraction of sp³-hybridized carbons (Fsp3) is 0.500. The molecule has 18 heavy (non-hydrogen) atoms. The van der Waals surface area contributed by atoms with Gasteiger partial charge in [-0.05, 0) is 24.8 Å². The fourth-order valence-electron chi connectivity index (χ4n) is 1.38. The number of carboxylic acid groups (broad SMARTS) is 1. The van der Waals surface area contributed by atoms with E-state index >= 15 is 0 Å². The minimum Gasteiger partial charge on any atom is -0.481 e. The molecule has 0 saturated carbocycles. The van der Waals surface area contributed by atoms with Gasteiger partial charge in [-0.2, -0.15) is 0 Å². The SMILES string of the molecule is CC(CCNC(=O)NC(C)c1cccs1)C(=O)O. The van der Waals surface area contributed by atoms with Crippen LogP contribution in [0.4, 0.5) is 4.79 Å². The van der Waals surface area contributed by atoms with Crippen LogP contribution in [0, 0.1) is 5.92 Å². The van der Waals surface area contributed by atoms with E-state index in [2.05, 4.69) is 10.6 Å². The number of aliphatic carboxylic acids is 1. The minimum absolute atomic E-state index is 0.0399. The van der Waals surface area contributed by atoms with Crippen LogP contribution in [0.5, 0.6) is 0 Å². The molecular formula is C12H18N2O3S. The molecule has 0 spiro atoms. The number of rotatable bonds is 6. The summed E-state index contributed by atoms with van der Waals surface area (Å²) in [5.74, 6) is -1.29. The Morgan fingerprint density at radius 3 is 2.72 bits per heavy atom. The lowest BCUT2D eigenvalue weighted by Crippen LogP contribution is -2.38. The first kappa shape index (κ1) is 14.5. The Kier molecular flexibility index (Phi) is 5.64. The zero-order chi connectivity index (χ0) is 13.5. The van der Waals surface area contributed by atoms with Gasteiger partial charge in [0, 0.05) is 11.4 Å². The van der Waals surface area contributed by atoms with Crippen molar-refractivity contribution in [1.82, 2.24) is 10.6 Å². The molecule has 3 N–H and O–H groups in total. The fourth-order valence-corrected chi connectivity index (χ4v) is 2.12. The molecule has 6 heteroatoms. The van der Waals surface area contributed by atoms with Crippen LogP contribution < -0.4 is 10.6 Å². The minimum atomic E-state index is -0.843. The van der Waals surface area contributed by atoms with Crippen molar-refractivity contribution in [2.75, 3.05) is 6.54 Å². The number of carboxylic acids is 1. The molecule has 0 aliphatic carbocycles. The van der Waals surface area contributed by atoms with Gasteiger partial charge in [0.1, 0.15) is 0 Å². The van der Waals surface area contributed by atoms with Gasteiger partial charge in [0.2, 0.25) is 0 Å². The monoisotopic (exact) mass is 270 g/mol. The van der Waals surface area contributed by atoms with Gasteiger partial charge >= 0.3 is 12.0 Å². The number of hydrogen-bond acceptors (Lipinski definition) is 3. The molecule has 1 aromatic rings. The van der Waals surface area contributed by atoms with Gasteiger partial charge in [-0.3, -0.25) is 4.79 Å². The largest absolute Gasteiger partial charge is 0.481 e. The lowest BCUT2D eigenvalue weighted by molar-refractivity contribution is -0.141. The highest BCUT2D eigenvalue weighted by atomic mass is 32.1. The standard InChI is InChI=1S/C12H18N2O3S/c1-8(11(15)16)5-6-13-12(17)14-9(2)10-4-3-7-18-10/h3-4,7-9H,5-6H2,1-2H3,(H,15,16)(H2,13,14,17). The second-order valence-corrected chi connectivity index (χ2v) is 5.14. The lowest BCUT2D eigenvalue weighted by Gasteiger charge is -2.13. The Morgan fingerprint density at radius 2 is 2.17 bits per heavy atom. The molecule has 1 rings (SSSR count). The summed E-state index contributed by atoms with van der Waals surface area (Å²) < 4.78 is 0. The molecule has 0 aromatic carbocycles. The van der Waals surface area contributed by atoms with Crippen LogP contribution in [-0.2, 0) is 4.79 Å². The smallest absolute Gasteiger partial charge is 0.315 e. The van der Waals surface area contributed by atoms with E-state index in [1.165, 1.54) is 0 Å². The number of urea groups is 1. The molecule has 0 radical (unpaired) electrons. The van der Waals surface area contributed by atoms with E-state index in [0.29, 0.717) is 13.0 Å². The molecule has 0 bridgehead atoms. The van der Waals surface area contributed by atoms with Crippen molar-refractivity contribution < 1.29 is 14.7 Å². The van der Waals surface area contributed by atoms with E-state index < -0.39 is 11.9 Å². The summed E-state index contributed by atoms with van der Waals surface area (Å²) in [4.78, 5) is 23.2. The Balaban J connectivity index is 2.24. The topological polar surface area (TPSA) is 78.4 Å². The summed E-state index contributed by atoms with van der Waals surface area (Å²) in [6, 6.07) is 3.59. The van der Waals surface area contributed by atoms with Crippen molar-refractivity contribution in [2.24, 2.45) is 5.92 Å². The predicted octanol–water partition coefficient (Wildman–Crippen LogP) is 2.22. The van der Waals surface area contributed by atoms with E-state index in [-0.39, 0.29) is 12.1 Å². The average Bonchev–Trinajstić information content (AvgIpc) is 2.81. The van der Waals surface area contributed by atoms with Gasteiger partial charge in [0.15, 0.2) is 0 Å². The molecule has 2 atom stereocenters. The zero-order valence-corrected chi connectivity index (χ0v) is 11.3. The van der Waals surface area contributed by atoms with E-state index in [4.69, 9.17) is 5.11 Å². The maximum Gasteiger partial charge on any atom is 0.315 e. The summed E-state index contributed by atoms with van der Waals surface area (Å²) in [6.07, 6.45) is 0.427. The van der Waals surface area contributed by atoms with Crippen molar-refractivity contribution in [1.29, 1.82) is 0 Å². The number of hydrogen-bond donors (Lipinski definition) is 3. The molecule has 0 saturated heterocycles. The molecule has 0 aliphatic rings. The van der Waals surface area contributed by atoms with Gasteiger partial charge in [0.05, 0.1) is 12.0 Å². The van der Waals surface area contributed by atoms with Crippen molar-refractivity contribution >= 4 is 23.3 Å². The normalized spacial score (nSPS) is 13.7. The highest BCUT2D eigenvalue weighted by molar-refractivity contribution is 7.10. The summed E-state index contributed by atoms with van der Waals surface area (Å²) in [7, 11) is 0. The third-order valence-corrected chi connectivity index (χ3v) is 3.66. The van der Waals surface area contributed by atoms with Crippen LogP contribution in [0.25, 0.3) is 0 Å². The van der Waals surface area contributed by atoms with Crippen molar-refractivity contribution in [3.63, 3.8) is 0 Å². The van der Waals surface area contributed by atoms with Gasteiger partial charge in [-0.15, -0.1) is 11.3 Å². The Labute approximate surface area is 110 Å². The number of carbonyl (C=O) groups is 2. The Morgan fingerprint density at radius 1 is 1.44 bits per heavy atom. The van der Waals surface area contributed by atoms with E-state index in [9.17, 15) is 9.59 Å². The molecular weight excluding hydrogens is 252 g/mol. The average molecular weight is 270 g/mol. The molecule has 5 nitrogen and oxygen atoms in total. The van der Waals surface area contributed by atoms with Crippen LogP contribution in [-0.4, -0.2) is 23.7 Å². The third-order valence-electron chi connectivity index (χ3n) is 2.60. The number of nitrogens with one attached hydrogen (secondary N) is 2. The lowest BCUT2D eigenvalue weighted by atomic mass is 10.1. The second-order valence-electron chi connectivity index (χ2n) is 4.17. The van der Waals surface area contributed by atoms with Crippen molar-refractivity contribution in [2.45, 2.75) is 26.3 Å². The molecule has 0 fully saturated rings. The van der Waals surface area contributed by atoms with E-state index in [1.54, 1.807) is 18.3 Å². The molecule has 0 aliphatic heterocycles. The molecule has 1 aromatic heterocycles. The highest BCUT2D eigenvalue weighted by Crippen LogP contribution is 2.17. The zero-order valence-electron chi connectivity index (χ0n) is 10.5. The van der Waals surface area contributed by atoms with E-state index in [1.807, 2.05) is 24.4 Å². The molecule has 1 heterocycles. The van der Waals surface area contributed by atoms with Gasteiger partial charge in [-0.1, -0.05) is 13.0 Å². The van der Waals surface area contributed by atoms with E-state index in [0.717, 1.165) is 4.88 Å². The molecule has 100 valence electrons. The van der Waals surface area contributed by atoms with Crippen LogP contribution >= 0.6 is 11.3 Å². The van der Waals surface area contributed by atoms with Crippen LogP contribution in [0.2, 0.25) is 0 Å². The predicted molar refractivity (Wildman–Crippen MR) is 70.7 cm³/mol. The van der Waals surface area contributed by atoms with Crippen LogP contribution in [0.3, 0.4) is 0 Å². The number of thiophene rings is 1. The first-order valence-corrected chi connectivity index (χ1v) is 6.69. The summed E-state index contributed by atoms with van der Waals surface area (Å²) in [5, 5.41) is 16.1. The Bertz CT molecular complexity index is 392. The molecule has 2 amide bonds. The van der Waals surface area contributed by atoms with Crippen molar-refractivity contribution in [3.8, 4) is 0 Å².